The lowest BCUT2D eigenvalue weighted by Gasteiger charge is -2.40. The number of hydrogen-bond acceptors (Lipinski definition) is 4. The van der Waals surface area contributed by atoms with Gasteiger partial charge in [0.05, 0.1) is 6.54 Å². The Morgan fingerprint density at radius 3 is 2.76 bits per heavy atom. The number of urea groups is 1. The summed E-state index contributed by atoms with van der Waals surface area (Å²) in [6.07, 6.45) is 13.9. The lowest BCUT2D eigenvalue weighted by molar-refractivity contribution is -0.0511. The molecule has 2 N–H and O–H groups in total. The number of hydrogen-bond donors (Lipinski definition) is 2. The standard InChI is InChI=1S/C22H30N4O3/c1-21(4-2-5-21)29-20(28)25-9-6-22(7-10-25)11-18(22)13-24-19(27)26-14-16-3-8-23-12-17(16)15-26/h3,8,12,14,18,23H,2,4-7,9-11,13,15H2,1H3,(H,24,27). The number of amides is 3. The van der Waals surface area contributed by atoms with Gasteiger partial charge in [-0.1, -0.05) is 0 Å². The molecule has 0 aromatic heterocycles. The maximum absolute atomic E-state index is 12.5. The third kappa shape index (κ3) is 3.51. The fourth-order valence-electron chi connectivity index (χ4n) is 5.10. The van der Waals surface area contributed by atoms with Gasteiger partial charge in [0.25, 0.3) is 0 Å². The van der Waals surface area contributed by atoms with E-state index in [1.807, 2.05) is 36.5 Å². The first kappa shape index (κ1) is 18.6. The molecule has 7 nitrogen and oxygen atoms in total. The summed E-state index contributed by atoms with van der Waals surface area (Å²) in [5, 5.41) is 6.18. The molecule has 1 unspecified atom stereocenters. The second-order valence-electron chi connectivity index (χ2n) is 9.49. The van der Waals surface area contributed by atoms with E-state index in [1.165, 1.54) is 0 Å². The van der Waals surface area contributed by atoms with Crippen molar-refractivity contribution < 1.29 is 14.3 Å². The minimum atomic E-state index is -0.233. The van der Waals surface area contributed by atoms with Crippen molar-refractivity contribution in [3.63, 3.8) is 0 Å². The number of ether oxygens (including phenoxy) is 1. The molecule has 3 aliphatic heterocycles. The molecule has 1 atom stereocenters. The topological polar surface area (TPSA) is 73.9 Å². The van der Waals surface area contributed by atoms with Gasteiger partial charge in [-0.05, 0) is 74.0 Å². The molecule has 0 aromatic carbocycles. The quantitative estimate of drug-likeness (QED) is 0.766. The molecule has 7 heteroatoms. The Hall–Kier alpha value is -2.44. The van der Waals surface area contributed by atoms with Crippen molar-refractivity contribution in [2.75, 3.05) is 26.2 Å². The lowest BCUT2D eigenvalue weighted by Crippen LogP contribution is -2.46. The summed E-state index contributed by atoms with van der Waals surface area (Å²) < 4.78 is 5.71. The molecular formula is C22H30N4O3. The van der Waals surface area contributed by atoms with Crippen molar-refractivity contribution in [1.29, 1.82) is 0 Å². The van der Waals surface area contributed by atoms with Crippen LogP contribution in [0.1, 0.15) is 45.4 Å². The average Bonchev–Trinajstić information content (AvgIpc) is 3.17. The fourth-order valence-corrected chi connectivity index (χ4v) is 5.10. The summed E-state index contributed by atoms with van der Waals surface area (Å²) in [6, 6.07) is -0.0296. The van der Waals surface area contributed by atoms with Gasteiger partial charge in [-0.2, -0.15) is 0 Å². The van der Waals surface area contributed by atoms with Crippen LogP contribution in [0.25, 0.3) is 0 Å². The summed E-state index contributed by atoms with van der Waals surface area (Å²) in [5.74, 6) is 0.520. The Kier molecular flexibility index (Phi) is 4.37. The lowest BCUT2D eigenvalue weighted by atomic mass is 9.82. The summed E-state index contributed by atoms with van der Waals surface area (Å²) in [4.78, 5) is 28.6. The molecule has 29 heavy (non-hydrogen) atoms. The number of dihydropyridines is 1. The highest BCUT2D eigenvalue weighted by atomic mass is 16.6. The van der Waals surface area contributed by atoms with Crippen LogP contribution in [0.3, 0.4) is 0 Å². The highest BCUT2D eigenvalue weighted by Crippen LogP contribution is 2.59. The minimum absolute atomic E-state index is 0.0296. The Morgan fingerprint density at radius 1 is 1.28 bits per heavy atom. The van der Waals surface area contributed by atoms with E-state index in [0.29, 0.717) is 24.4 Å². The SMILES string of the molecule is CC1(OC(=O)N2CCC3(CC2)CC3CNC(=O)N2C=C3C=CNC=C3C2)CCC1. The second-order valence-corrected chi connectivity index (χ2v) is 9.49. The van der Waals surface area contributed by atoms with E-state index in [1.54, 1.807) is 4.90 Å². The minimum Gasteiger partial charge on any atom is -0.443 e. The summed E-state index contributed by atoms with van der Waals surface area (Å²) in [7, 11) is 0. The Morgan fingerprint density at radius 2 is 2.07 bits per heavy atom. The molecule has 5 aliphatic rings. The van der Waals surface area contributed by atoms with Crippen LogP contribution in [0, 0.1) is 11.3 Å². The van der Waals surface area contributed by atoms with Gasteiger partial charge in [0.1, 0.15) is 5.60 Å². The Balaban J connectivity index is 1.06. The van der Waals surface area contributed by atoms with E-state index in [2.05, 4.69) is 10.6 Å². The molecule has 0 radical (unpaired) electrons. The molecule has 2 saturated carbocycles. The normalized spacial score (nSPS) is 28.0. The number of fused-ring (bicyclic) bond motifs is 1. The monoisotopic (exact) mass is 398 g/mol. The molecule has 2 aliphatic carbocycles. The van der Waals surface area contributed by atoms with Gasteiger partial charge in [0.2, 0.25) is 0 Å². The first-order valence-electron chi connectivity index (χ1n) is 10.8. The summed E-state index contributed by atoms with van der Waals surface area (Å²) in [5.41, 5.74) is 2.30. The molecule has 3 amide bonds. The molecule has 3 heterocycles. The van der Waals surface area contributed by atoms with Crippen LogP contribution < -0.4 is 10.6 Å². The third-order valence-electron chi connectivity index (χ3n) is 7.50. The smallest absolute Gasteiger partial charge is 0.410 e. The highest BCUT2D eigenvalue weighted by Gasteiger charge is 2.55. The van der Waals surface area contributed by atoms with Crippen molar-refractivity contribution in [2.45, 2.75) is 51.0 Å². The van der Waals surface area contributed by atoms with E-state index >= 15 is 0 Å². The molecule has 3 fully saturated rings. The summed E-state index contributed by atoms with van der Waals surface area (Å²) >= 11 is 0. The zero-order valence-electron chi connectivity index (χ0n) is 17.1. The van der Waals surface area contributed by atoms with Gasteiger partial charge < -0.3 is 20.3 Å². The van der Waals surface area contributed by atoms with Gasteiger partial charge >= 0.3 is 12.1 Å². The van der Waals surface area contributed by atoms with E-state index in [0.717, 1.165) is 62.8 Å². The first-order chi connectivity index (χ1) is 14.0. The second kappa shape index (κ2) is 6.82. The number of nitrogens with zero attached hydrogens (tertiary/aromatic N) is 2. The van der Waals surface area contributed by atoms with Gasteiger partial charge in [-0.25, -0.2) is 9.59 Å². The van der Waals surface area contributed by atoms with E-state index in [-0.39, 0.29) is 17.7 Å². The van der Waals surface area contributed by atoms with Crippen molar-refractivity contribution in [3.8, 4) is 0 Å². The van der Waals surface area contributed by atoms with E-state index in [9.17, 15) is 9.59 Å². The molecule has 1 spiro atoms. The molecule has 0 aromatic rings. The van der Waals surface area contributed by atoms with Crippen LogP contribution in [0.5, 0.6) is 0 Å². The Bertz CT molecular complexity index is 803. The average molecular weight is 399 g/mol. The maximum atomic E-state index is 12.5. The van der Waals surface area contributed by atoms with Crippen LogP contribution in [0.15, 0.2) is 35.8 Å². The number of allylic oxidation sites excluding steroid dienone is 1. The van der Waals surface area contributed by atoms with Gasteiger partial charge in [0, 0.05) is 38.2 Å². The third-order valence-corrected chi connectivity index (χ3v) is 7.50. The molecule has 1 saturated heterocycles. The van der Waals surface area contributed by atoms with Crippen molar-refractivity contribution >= 4 is 12.1 Å². The van der Waals surface area contributed by atoms with Crippen molar-refractivity contribution in [3.05, 3.63) is 35.8 Å². The fraction of sp³-hybridized carbons (Fsp3) is 0.636. The number of rotatable bonds is 3. The first-order valence-corrected chi connectivity index (χ1v) is 10.8. The Labute approximate surface area is 171 Å². The highest BCUT2D eigenvalue weighted by molar-refractivity contribution is 5.77. The largest absolute Gasteiger partial charge is 0.443 e. The van der Waals surface area contributed by atoms with Gasteiger partial charge in [-0.3, -0.25) is 4.90 Å². The van der Waals surface area contributed by atoms with Crippen LogP contribution >= 0.6 is 0 Å². The van der Waals surface area contributed by atoms with Gasteiger partial charge in [0.15, 0.2) is 0 Å². The number of nitrogens with one attached hydrogen (secondary N) is 2. The molecule has 5 rings (SSSR count). The molecule has 0 bridgehead atoms. The van der Waals surface area contributed by atoms with Gasteiger partial charge in [-0.15, -0.1) is 0 Å². The van der Waals surface area contributed by atoms with Crippen LogP contribution in [0.2, 0.25) is 0 Å². The van der Waals surface area contributed by atoms with E-state index in [4.69, 9.17) is 4.74 Å². The van der Waals surface area contributed by atoms with Crippen molar-refractivity contribution in [2.24, 2.45) is 11.3 Å². The van der Waals surface area contributed by atoms with Crippen molar-refractivity contribution in [1.82, 2.24) is 20.4 Å². The summed E-state index contributed by atoms with van der Waals surface area (Å²) in [6.45, 7) is 4.91. The number of piperidine rings is 1. The number of carbonyl (C=O) groups is 2. The van der Waals surface area contributed by atoms with Crippen LogP contribution in [-0.2, 0) is 4.74 Å². The zero-order chi connectivity index (χ0) is 20.1. The van der Waals surface area contributed by atoms with Crippen LogP contribution in [0.4, 0.5) is 9.59 Å². The number of carbonyl (C=O) groups excluding carboxylic acids is 2. The molecular weight excluding hydrogens is 368 g/mol. The maximum Gasteiger partial charge on any atom is 0.410 e. The number of likely N-dealkylation sites (tertiary alicyclic amines) is 1. The van der Waals surface area contributed by atoms with Crippen LogP contribution in [-0.4, -0.2) is 53.7 Å². The molecule has 156 valence electrons. The zero-order valence-corrected chi connectivity index (χ0v) is 17.1. The predicted octanol–water partition coefficient (Wildman–Crippen LogP) is 3.08. The predicted molar refractivity (Wildman–Crippen MR) is 109 cm³/mol. The van der Waals surface area contributed by atoms with E-state index < -0.39 is 0 Å².